The van der Waals surface area contributed by atoms with E-state index in [4.69, 9.17) is 28.3 Å². The van der Waals surface area contributed by atoms with Gasteiger partial charge in [0.05, 0.1) is 13.3 Å². The van der Waals surface area contributed by atoms with E-state index in [1.165, 1.54) is 0 Å². The van der Waals surface area contributed by atoms with Crippen molar-refractivity contribution in [1.29, 1.82) is 0 Å². The molecule has 0 aliphatic carbocycles. The molecule has 3 aromatic carbocycles. The predicted molar refractivity (Wildman–Crippen MR) is 187 cm³/mol. The maximum Gasteiger partial charge on any atom is 0.249 e. The van der Waals surface area contributed by atoms with Gasteiger partial charge < -0.3 is 39.4 Å². The number of methoxy groups -OCH3 is 1. The monoisotopic (exact) mass is 689 g/mol. The van der Waals surface area contributed by atoms with E-state index in [-0.39, 0.29) is 30.0 Å². The molecule has 12 nitrogen and oxygen atoms in total. The van der Waals surface area contributed by atoms with Gasteiger partial charge in [-0.3, -0.25) is 9.59 Å². The largest absolute Gasteiger partial charge is 0.497 e. The summed E-state index contributed by atoms with van der Waals surface area (Å²) in [4.78, 5) is 37.0. The molecule has 51 heavy (non-hydrogen) atoms. The van der Waals surface area contributed by atoms with Crippen molar-refractivity contribution >= 4 is 17.5 Å². The third-order valence-corrected chi connectivity index (χ3v) is 10.0. The van der Waals surface area contributed by atoms with E-state index >= 15 is 0 Å². The number of hydrogen-bond donors (Lipinski definition) is 4. The molecule has 8 rings (SSSR count). The summed E-state index contributed by atoms with van der Waals surface area (Å²) in [6.07, 6.45) is -0.0703. The fraction of sp³-hybridized carbons (Fsp3) is 0.333. The first-order valence-corrected chi connectivity index (χ1v) is 17.1. The molecule has 0 saturated heterocycles. The van der Waals surface area contributed by atoms with E-state index in [1.807, 2.05) is 80.6 Å². The van der Waals surface area contributed by atoms with Gasteiger partial charge in [-0.05, 0) is 59.4 Å². The van der Waals surface area contributed by atoms with Gasteiger partial charge in [0.1, 0.15) is 35.1 Å². The molecule has 4 N–H and O–H groups in total. The Morgan fingerprint density at radius 3 is 2.55 bits per heavy atom. The number of aromatic nitrogens is 2. The summed E-state index contributed by atoms with van der Waals surface area (Å²) >= 11 is 0. The maximum atomic E-state index is 14.1. The van der Waals surface area contributed by atoms with Crippen molar-refractivity contribution in [2.45, 2.75) is 63.9 Å². The number of benzene rings is 3. The molecule has 2 aromatic heterocycles. The second-order valence-corrected chi connectivity index (χ2v) is 14.0. The number of nitrogens with zero attached hydrogens (tertiary/aromatic N) is 2. The molecule has 0 radical (unpaired) electrons. The highest BCUT2D eigenvalue weighted by Crippen LogP contribution is 2.59. The van der Waals surface area contributed by atoms with Crippen LogP contribution in [-0.2, 0) is 21.4 Å². The number of ether oxygens (including phenoxy) is 2. The van der Waals surface area contributed by atoms with Crippen molar-refractivity contribution in [1.82, 2.24) is 20.6 Å². The molecule has 2 unspecified atom stereocenters. The van der Waals surface area contributed by atoms with Crippen LogP contribution in [0.4, 0.5) is 5.69 Å². The Labute approximate surface area is 294 Å². The quantitative estimate of drug-likeness (QED) is 0.175. The first-order chi connectivity index (χ1) is 24.6. The van der Waals surface area contributed by atoms with Crippen molar-refractivity contribution < 1.29 is 33.0 Å². The molecule has 1 spiro atoms. The van der Waals surface area contributed by atoms with Crippen LogP contribution in [0.2, 0.25) is 0 Å². The van der Waals surface area contributed by atoms with Gasteiger partial charge in [0.15, 0.2) is 23.4 Å². The predicted octanol–water partition coefficient (Wildman–Crippen LogP) is 5.35. The first kappa shape index (κ1) is 32.6. The fourth-order valence-corrected chi connectivity index (χ4v) is 7.28. The summed E-state index contributed by atoms with van der Waals surface area (Å²) in [5, 5.41) is 20.0. The zero-order chi connectivity index (χ0) is 35.6. The molecule has 0 saturated carbocycles. The van der Waals surface area contributed by atoms with Gasteiger partial charge in [0.25, 0.3) is 0 Å². The summed E-state index contributed by atoms with van der Waals surface area (Å²) in [6.45, 7) is 7.40. The third-order valence-electron chi connectivity index (χ3n) is 10.0. The van der Waals surface area contributed by atoms with E-state index in [1.54, 1.807) is 27.2 Å². The number of oxazole rings is 2. The molecule has 12 heteroatoms. The molecule has 3 aliphatic rings. The second kappa shape index (κ2) is 12.3. The highest BCUT2D eigenvalue weighted by atomic mass is 16.5. The van der Waals surface area contributed by atoms with Crippen LogP contribution in [0.3, 0.4) is 0 Å². The average Bonchev–Trinajstić information content (AvgIpc) is 3.91. The number of amides is 2. The minimum Gasteiger partial charge on any atom is -0.497 e. The summed E-state index contributed by atoms with van der Waals surface area (Å²) in [6, 6.07) is 19.5. The Balaban J connectivity index is 1.34. The zero-order valence-electron chi connectivity index (χ0n) is 28.9. The van der Waals surface area contributed by atoms with Crippen LogP contribution in [0, 0.1) is 11.8 Å². The number of aliphatic hydroxyl groups is 1. The van der Waals surface area contributed by atoms with Crippen LogP contribution < -0.4 is 25.4 Å². The summed E-state index contributed by atoms with van der Waals surface area (Å²) in [7, 11) is 1.61. The van der Waals surface area contributed by atoms with Crippen LogP contribution in [0.15, 0.2) is 81.8 Å². The highest BCUT2D eigenvalue weighted by Gasteiger charge is 2.61. The molecule has 4 bridgehead atoms. The summed E-state index contributed by atoms with van der Waals surface area (Å²) < 4.78 is 25.3. The number of fused-ring (bicyclic) bond motifs is 4. The topological polar surface area (TPSA) is 161 Å². The second-order valence-electron chi connectivity index (χ2n) is 14.0. The molecule has 3 aliphatic heterocycles. The molecule has 262 valence electrons. The highest BCUT2D eigenvalue weighted by molar-refractivity contribution is 5.90. The number of carbonyl (C=O) groups is 2. The van der Waals surface area contributed by atoms with E-state index in [0.29, 0.717) is 23.0 Å². The van der Waals surface area contributed by atoms with Crippen LogP contribution >= 0.6 is 0 Å². The molecule has 5 aromatic rings. The van der Waals surface area contributed by atoms with E-state index in [9.17, 15) is 14.7 Å². The molecule has 5 atom stereocenters. The number of carbonyl (C=O) groups excluding carboxylic acids is 2. The number of anilines is 1. The lowest BCUT2D eigenvalue weighted by molar-refractivity contribution is -0.135. The number of nitrogens with one attached hydrogen (secondary N) is 3. The van der Waals surface area contributed by atoms with Gasteiger partial charge in [-0.15, -0.1) is 0 Å². The molecular weight excluding hydrogens is 650 g/mol. The molecule has 5 heterocycles. The average molecular weight is 690 g/mol. The molecule has 0 fully saturated rings. The Morgan fingerprint density at radius 1 is 1.02 bits per heavy atom. The Hall–Kier alpha value is -5.62. The van der Waals surface area contributed by atoms with E-state index in [0.717, 1.165) is 33.7 Å². The number of hydrogen-bond acceptors (Lipinski definition) is 10. The van der Waals surface area contributed by atoms with Gasteiger partial charge >= 0.3 is 0 Å². The molecule has 2 amide bonds. The lowest BCUT2D eigenvalue weighted by Crippen LogP contribution is -2.52. The third kappa shape index (κ3) is 5.24. The van der Waals surface area contributed by atoms with Crippen molar-refractivity contribution in [2.75, 3.05) is 12.4 Å². The van der Waals surface area contributed by atoms with Crippen LogP contribution in [0.25, 0.3) is 22.9 Å². The fourth-order valence-electron chi connectivity index (χ4n) is 7.28. The van der Waals surface area contributed by atoms with E-state index in [2.05, 4.69) is 16.0 Å². The van der Waals surface area contributed by atoms with Crippen LogP contribution in [0.1, 0.15) is 62.1 Å². The Bertz CT molecular complexity index is 2140. The number of rotatable bonds is 7. The summed E-state index contributed by atoms with van der Waals surface area (Å²) in [5.41, 5.74) is 3.53. The van der Waals surface area contributed by atoms with Gasteiger partial charge in [0, 0.05) is 23.2 Å². The number of aliphatic hydroxyl groups excluding tert-OH is 1. The van der Waals surface area contributed by atoms with Crippen molar-refractivity contribution in [2.24, 2.45) is 11.8 Å². The van der Waals surface area contributed by atoms with Crippen molar-refractivity contribution in [3.8, 4) is 34.4 Å². The smallest absolute Gasteiger partial charge is 0.249 e. The number of para-hydroxylation sites is 1. The van der Waals surface area contributed by atoms with Gasteiger partial charge in [-0.1, -0.05) is 58.0 Å². The zero-order valence-corrected chi connectivity index (χ0v) is 28.9. The Kier molecular flexibility index (Phi) is 7.86. The van der Waals surface area contributed by atoms with Gasteiger partial charge in [-0.25, -0.2) is 9.97 Å². The maximum absolute atomic E-state index is 14.1. The first-order valence-electron chi connectivity index (χ1n) is 17.1. The Morgan fingerprint density at radius 2 is 1.80 bits per heavy atom. The van der Waals surface area contributed by atoms with Crippen LogP contribution in [0.5, 0.6) is 11.5 Å². The van der Waals surface area contributed by atoms with Gasteiger partial charge in [-0.2, -0.15) is 0 Å². The summed E-state index contributed by atoms with van der Waals surface area (Å²) in [5.74, 6) is 1.27. The lowest BCUT2D eigenvalue weighted by Gasteiger charge is -2.29. The van der Waals surface area contributed by atoms with Crippen molar-refractivity contribution in [3.63, 3.8) is 0 Å². The normalized spacial score (nSPS) is 22.2. The van der Waals surface area contributed by atoms with Crippen LogP contribution in [-0.4, -0.2) is 52.4 Å². The molecular formula is C39H39N5O7. The standard InChI is InChI=1S/C39H39N5O7/c1-19(2)30-37-44-31(36-40-18-29(49-36)22-11-13-23(48-5)14-12-22)33(51-37)39-24-8-6-7-9-26(24)42-38(39)50-28-15-10-21(16-25(28)39)17-27(34(46)43-30)41-35(47)32(45)20(3)4/h6-16,18-20,27,30,32,38,42,45H,17H2,1-5H3,(H,41,47)(H,43,46)/t27?,30-,32-,38-,39?/m0/s1. The van der Waals surface area contributed by atoms with E-state index < -0.39 is 41.6 Å². The van der Waals surface area contributed by atoms with Gasteiger partial charge in [0.2, 0.25) is 23.6 Å². The van der Waals surface area contributed by atoms with Crippen molar-refractivity contribution in [3.05, 3.63) is 101 Å². The minimum atomic E-state index is -1.28. The lowest BCUT2D eigenvalue weighted by atomic mass is 9.72. The SMILES string of the molecule is COc1ccc(-c2cnc(-c3nc4oc3C35c6ccccc6N[C@H]3Oc3ccc(cc35)CC(NC(=O)[C@@H](O)C(C)C)C(=O)N[C@H]4C(C)C)o2)cc1. The minimum absolute atomic E-state index is 0.167.